The average molecular weight is 395 g/mol. The third kappa shape index (κ3) is 4.58. The first-order valence-electron chi connectivity index (χ1n) is 9.33. The van der Waals surface area contributed by atoms with Crippen molar-refractivity contribution in [2.75, 3.05) is 25.0 Å². The first-order valence-corrected chi connectivity index (χ1v) is 10.2. The SMILES string of the molecule is Cc1cc(-c2cncnc2)cc(C2CCN(CC(=O)Nc3nccs3)CC2)n1. The van der Waals surface area contributed by atoms with Gasteiger partial charge in [0.05, 0.1) is 6.54 Å². The minimum absolute atomic E-state index is 0.00607. The maximum Gasteiger partial charge on any atom is 0.240 e. The van der Waals surface area contributed by atoms with E-state index in [-0.39, 0.29) is 5.91 Å². The van der Waals surface area contributed by atoms with E-state index < -0.39 is 0 Å². The molecule has 8 heteroatoms. The van der Waals surface area contributed by atoms with Crippen molar-refractivity contribution in [1.82, 2.24) is 24.8 Å². The molecule has 3 aromatic rings. The van der Waals surface area contributed by atoms with Crippen LogP contribution in [0.15, 0.2) is 42.4 Å². The molecule has 1 aliphatic heterocycles. The largest absolute Gasteiger partial charge is 0.301 e. The molecular formula is C20H22N6OS. The number of nitrogens with one attached hydrogen (secondary N) is 1. The molecule has 0 spiro atoms. The molecule has 1 amide bonds. The maximum absolute atomic E-state index is 12.2. The van der Waals surface area contributed by atoms with E-state index in [9.17, 15) is 4.79 Å². The number of anilines is 1. The van der Waals surface area contributed by atoms with E-state index in [0.717, 1.165) is 48.4 Å². The smallest absolute Gasteiger partial charge is 0.240 e. The molecule has 0 radical (unpaired) electrons. The third-order valence-corrected chi connectivity index (χ3v) is 5.61. The lowest BCUT2D eigenvalue weighted by Gasteiger charge is -2.31. The lowest BCUT2D eigenvalue weighted by molar-refractivity contribution is -0.117. The Kier molecular flexibility index (Phi) is 5.68. The number of amides is 1. The zero-order chi connectivity index (χ0) is 19.3. The topological polar surface area (TPSA) is 83.9 Å². The Hall–Kier alpha value is -2.71. The number of piperidine rings is 1. The first kappa shape index (κ1) is 18.6. The van der Waals surface area contributed by atoms with Crippen LogP contribution in [0.25, 0.3) is 11.1 Å². The number of likely N-dealkylation sites (tertiary alicyclic amines) is 1. The molecule has 144 valence electrons. The molecule has 0 aromatic carbocycles. The summed E-state index contributed by atoms with van der Waals surface area (Å²) in [6.45, 7) is 4.19. The molecule has 1 N–H and O–H groups in total. The summed E-state index contributed by atoms with van der Waals surface area (Å²) in [5.74, 6) is 0.398. The number of pyridine rings is 1. The van der Waals surface area contributed by atoms with E-state index in [1.165, 1.54) is 11.3 Å². The van der Waals surface area contributed by atoms with Gasteiger partial charge in [-0.3, -0.25) is 14.7 Å². The number of carbonyl (C=O) groups is 1. The Balaban J connectivity index is 1.37. The minimum atomic E-state index is -0.00607. The summed E-state index contributed by atoms with van der Waals surface area (Å²) in [6.07, 6.45) is 8.87. The molecule has 4 heterocycles. The van der Waals surface area contributed by atoms with E-state index in [2.05, 4.69) is 37.3 Å². The van der Waals surface area contributed by atoms with E-state index >= 15 is 0 Å². The molecule has 1 fully saturated rings. The Morgan fingerprint density at radius 1 is 1.21 bits per heavy atom. The summed E-state index contributed by atoms with van der Waals surface area (Å²) in [6, 6.07) is 4.22. The number of hydrogen-bond donors (Lipinski definition) is 1. The molecule has 0 aliphatic carbocycles. The van der Waals surface area contributed by atoms with Crippen molar-refractivity contribution in [1.29, 1.82) is 0 Å². The van der Waals surface area contributed by atoms with Crippen LogP contribution in [0.2, 0.25) is 0 Å². The summed E-state index contributed by atoms with van der Waals surface area (Å²) in [7, 11) is 0. The lowest BCUT2D eigenvalue weighted by atomic mass is 9.91. The monoisotopic (exact) mass is 394 g/mol. The number of thiazole rings is 1. The zero-order valence-corrected chi connectivity index (χ0v) is 16.5. The molecule has 28 heavy (non-hydrogen) atoms. The summed E-state index contributed by atoms with van der Waals surface area (Å²) in [5, 5.41) is 5.35. The van der Waals surface area contributed by atoms with Gasteiger partial charge in [-0.15, -0.1) is 11.3 Å². The average Bonchev–Trinajstić information content (AvgIpc) is 3.21. The number of aryl methyl sites for hydroxylation is 1. The Labute approximate surface area is 167 Å². The quantitative estimate of drug-likeness (QED) is 0.716. The molecular weight excluding hydrogens is 372 g/mol. The van der Waals surface area contributed by atoms with Crippen molar-refractivity contribution in [2.45, 2.75) is 25.7 Å². The first-order chi connectivity index (χ1) is 13.7. The number of hydrogen-bond acceptors (Lipinski definition) is 7. The van der Waals surface area contributed by atoms with E-state index in [1.54, 1.807) is 12.5 Å². The van der Waals surface area contributed by atoms with Crippen LogP contribution in [0.1, 0.15) is 30.1 Å². The van der Waals surface area contributed by atoms with E-state index in [1.807, 2.05) is 24.7 Å². The molecule has 7 nitrogen and oxygen atoms in total. The fraction of sp³-hybridized carbons (Fsp3) is 0.350. The van der Waals surface area contributed by atoms with Crippen LogP contribution < -0.4 is 5.32 Å². The number of aromatic nitrogens is 4. The van der Waals surface area contributed by atoms with Crippen LogP contribution >= 0.6 is 11.3 Å². The zero-order valence-electron chi connectivity index (χ0n) is 15.7. The molecule has 1 saturated heterocycles. The number of nitrogens with zero attached hydrogens (tertiary/aromatic N) is 5. The van der Waals surface area contributed by atoms with Gasteiger partial charge in [0.1, 0.15) is 6.33 Å². The van der Waals surface area contributed by atoms with Gasteiger partial charge in [0.15, 0.2) is 5.13 Å². The Morgan fingerprint density at radius 2 is 2.00 bits per heavy atom. The summed E-state index contributed by atoms with van der Waals surface area (Å²) < 4.78 is 0. The molecule has 0 unspecified atom stereocenters. The predicted molar refractivity (Wildman–Crippen MR) is 109 cm³/mol. The Morgan fingerprint density at radius 3 is 2.71 bits per heavy atom. The highest BCUT2D eigenvalue weighted by Crippen LogP contribution is 2.30. The number of carbonyl (C=O) groups excluding carboxylic acids is 1. The van der Waals surface area contributed by atoms with Gasteiger partial charge in [0.25, 0.3) is 0 Å². The summed E-state index contributed by atoms with van der Waals surface area (Å²) in [4.78, 5) is 31.5. The molecule has 0 bridgehead atoms. The van der Waals surface area contributed by atoms with Crippen molar-refractivity contribution in [3.05, 3.63) is 53.8 Å². The van der Waals surface area contributed by atoms with Gasteiger partial charge in [-0.05, 0) is 50.6 Å². The van der Waals surface area contributed by atoms with Crippen molar-refractivity contribution in [3.8, 4) is 11.1 Å². The third-order valence-electron chi connectivity index (χ3n) is 4.92. The van der Waals surface area contributed by atoms with E-state index in [0.29, 0.717) is 17.6 Å². The van der Waals surface area contributed by atoms with Crippen LogP contribution in [0.4, 0.5) is 5.13 Å². The van der Waals surface area contributed by atoms with Crippen LogP contribution in [-0.4, -0.2) is 50.4 Å². The highest BCUT2D eigenvalue weighted by Gasteiger charge is 2.23. The second-order valence-electron chi connectivity index (χ2n) is 6.99. The van der Waals surface area contributed by atoms with Gasteiger partial charge in [-0.25, -0.2) is 15.0 Å². The normalized spacial score (nSPS) is 15.5. The minimum Gasteiger partial charge on any atom is -0.301 e. The Bertz CT molecular complexity index is 923. The van der Waals surface area contributed by atoms with Gasteiger partial charge in [0, 0.05) is 46.8 Å². The fourth-order valence-corrected chi connectivity index (χ4v) is 4.10. The predicted octanol–water partition coefficient (Wildman–Crippen LogP) is 3.12. The lowest BCUT2D eigenvalue weighted by Crippen LogP contribution is -2.38. The van der Waals surface area contributed by atoms with Gasteiger partial charge in [0.2, 0.25) is 5.91 Å². The van der Waals surface area contributed by atoms with Gasteiger partial charge >= 0.3 is 0 Å². The molecule has 4 rings (SSSR count). The fourth-order valence-electron chi connectivity index (χ4n) is 3.55. The maximum atomic E-state index is 12.2. The van der Waals surface area contributed by atoms with Crippen LogP contribution in [0.3, 0.4) is 0 Å². The molecule has 0 atom stereocenters. The van der Waals surface area contributed by atoms with E-state index in [4.69, 9.17) is 4.98 Å². The summed E-state index contributed by atoms with van der Waals surface area (Å²) >= 11 is 1.43. The molecule has 0 saturated carbocycles. The van der Waals surface area contributed by atoms with Gasteiger partial charge in [-0.2, -0.15) is 0 Å². The van der Waals surface area contributed by atoms with Gasteiger partial charge < -0.3 is 5.32 Å². The highest BCUT2D eigenvalue weighted by molar-refractivity contribution is 7.13. The highest BCUT2D eigenvalue weighted by atomic mass is 32.1. The second-order valence-corrected chi connectivity index (χ2v) is 7.88. The van der Waals surface area contributed by atoms with Gasteiger partial charge in [-0.1, -0.05) is 0 Å². The van der Waals surface area contributed by atoms with Crippen LogP contribution in [0.5, 0.6) is 0 Å². The van der Waals surface area contributed by atoms with Crippen LogP contribution in [0, 0.1) is 6.92 Å². The second kappa shape index (κ2) is 8.53. The van der Waals surface area contributed by atoms with Crippen molar-refractivity contribution in [2.24, 2.45) is 0 Å². The molecule has 3 aromatic heterocycles. The number of rotatable bonds is 5. The summed E-state index contributed by atoms with van der Waals surface area (Å²) in [5.41, 5.74) is 4.23. The van der Waals surface area contributed by atoms with Crippen molar-refractivity contribution >= 4 is 22.4 Å². The molecule has 1 aliphatic rings. The van der Waals surface area contributed by atoms with Crippen LogP contribution in [-0.2, 0) is 4.79 Å². The van der Waals surface area contributed by atoms with Crippen molar-refractivity contribution in [3.63, 3.8) is 0 Å². The van der Waals surface area contributed by atoms with Crippen molar-refractivity contribution < 1.29 is 4.79 Å². The standard InChI is InChI=1S/C20H22N6OS/c1-14-8-16(17-10-21-13-22-11-17)9-18(24-14)15-2-5-26(6-3-15)12-19(27)25-20-23-4-7-28-20/h4,7-11,13,15H,2-3,5-6,12H2,1H3,(H,23,25,27).